The van der Waals surface area contributed by atoms with Crippen molar-refractivity contribution >= 4 is 17.5 Å². The van der Waals surface area contributed by atoms with Crippen LogP contribution in [0.15, 0.2) is 24.4 Å². The van der Waals surface area contributed by atoms with Gasteiger partial charge >= 0.3 is 0 Å². The highest BCUT2D eigenvalue weighted by molar-refractivity contribution is 5.56. The average molecular weight is 336 g/mol. The summed E-state index contributed by atoms with van der Waals surface area (Å²) in [5, 5.41) is 13.7. The Morgan fingerprint density at radius 3 is 2.79 bits per heavy atom. The second kappa shape index (κ2) is 7.93. The molecule has 0 spiro atoms. The van der Waals surface area contributed by atoms with Crippen LogP contribution in [0.1, 0.15) is 0 Å². The summed E-state index contributed by atoms with van der Waals surface area (Å²) in [6.45, 7) is 4.87. The molecule has 1 aromatic heterocycles. The molecule has 2 N–H and O–H groups in total. The van der Waals surface area contributed by atoms with Gasteiger partial charge in [-0.2, -0.15) is 10.1 Å². The predicted molar refractivity (Wildman–Crippen MR) is 85.2 cm³/mol. The lowest BCUT2D eigenvalue weighted by Crippen LogP contribution is -2.39. The van der Waals surface area contributed by atoms with E-state index in [-0.39, 0.29) is 0 Å². The molecule has 3 rings (SSSR count). The smallest absolute Gasteiger partial charge is 0.244 e. The highest BCUT2D eigenvalue weighted by Crippen LogP contribution is 2.17. The lowest BCUT2D eigenvalue weighted by Gasteiger charge is -2.26. The number of halogens is 2. The molecule has 0 saturated carbocycles. The Morgan fingerprint density at radius 2 is 2.00 bits per heavy atom. The Bertz CT molecular complexity index is 681. The van der Waals surface area contributed by atoms with E-state index >= 15 is 0 Å². The van der Waals surface area contributed by atoms with Crippen molar-refractivity contribution in [3.8, 4) is 0 Å². The lowest BCUT2D eigenvalue weighted by atomic mass is 10.3. The number of anilines is 3. The van der Waals surface area contributed by atoms with E-state index in [1.165, 1.54) is 12.3 Å². The van der Waals surface area contributed by atoms with Crippen LogP contribution in [0.3, 0.4) is 0 Å². The number of nitrogens with zero attached hydrogens (tertiary/aromatic N) is 4. The van der Waals surface area contributed by atoms with Gasteiger partial charge in [0.15, 0.2) is 17.5 Å². The quantitative estimate of drug-likeness (QED) is 0.830. The molecule has 1 aromatic carbocycles. The molecule has 0 radical (unpaired) electrons. The van der Waals surface area contributed by atoms with Crippen molar-refractivity contribution in [3.63, 3.8) is 0 Å². The second-order valence-corrected chi connectivity index (χ2v) is 5.30. The molecular weight excluding hydrogens is 318 g/mol. The van der Waals surface area contributed by atoms with Gasteiger partial charge in [-0.15, -0.1) is 5.10 Å². The van der Waals surface area contributed by atoms with E-state index in [9.17, 15) is 8.78 Å². The van der Waals surface area contributed by atoms with Crippen LogP contribution in [0.25, 0.3) is 0 Å². The second-order valence-electron chi connectivity index (χ2n) is 5.30. The fourth-order valence-electron chi connectivity index (χ4n) is 2.31. The Kier molecular flexibility index (Phi) is 5.44. The molecule has 2 heterocycles. The number of nitrogens with one attached hydrogen (secondary N) is 2. The van der Waals surface area contributed by atoms with Crippen LogP contribution in [0, 0.1) is 11.6 Å². The Morgan fingerprint density at radius 1 is 1.17 bits per heavy atom. The maximum absolute atomic E-state index is 13.2. The van der Waals surface area contributed by atoms with Crippen LogP contribution in [0.4, 0.5) is 26.2 Å². The highest BCUT2D eigenvalue weighted by atomic mass is 19.2. The van der Waals surface area contributed by atoms with Gasteiger partial charge in [-0.05, 0) is 12.1 Å². The first kappa shape index (κ1) is 16.5. The molecule has 24 heavy (non-hydrogen) atoms. The SMILES string of the molecule is Fc1ccc(Nc2cnnc(NCCN3CCOCC3)n2)cc1F. The molecule has 0 unspecified atom stereocenters. The number of hydrogen-bond acceptors (Lipinski definition) is 7. The maximum Gasteiger partial charge on any atom is 0.244 e. The molecule has 0 amide bonds. The van der Waals surface area contributed by atoms with E-state index in [1.807, 2.05) is 0 Å². The van der Waals surface area contributed by atoms with Gasteiger partial charge in [0, 0.05) is 37.9 Å². The molecule has 2 aromatic rings. The molecule has 128 valence electrons. The number of morpholine rings is 1. The van der Waals surface area contributed by atoms with E-state index in [2.05, 4.69) is 30.7 Å². The summed E-state index contributed by atoms with van der Waals surface area (Å²) >= 11 is 0. The van der Waals surface area contributed by atoms with Crippen molar-refractivity contribution in [2.45, 2.75) is 0 Å². The van der Waals surface area contributed by atoms with Crippen LogP contribution in [-0.2, 0) is 4.74 Å². The Hall–Kier alpha value is -2.39. The topological polar surface area (TPSA) is 75.2 Å². The first-order valence-corrected chi connectivity index (χ1v) is 7.66. The summed E-state index contributed by atoms with van der Waals surface area (Å²) in [5.41, 5.74) is 0.383. The van der Waals surface area contributed by atoms with Gasteiger partial charge in [0.05, 0.1) is 19.4 Å². The number of benzene rings is 1. The van der Waals surface area contributed by atoms with Crippen molar-refractivity contribution in [1.29, 1.82) is 0 Å². The number of hydrogen-bond donors (Lipinski definition) is 2. The first-order chi connectivity index (χ1) is 11.7. The molecule has 0 atom stereocenters. The van der Waals surface area contributed by atoms with Gasteiger partial charge < -0.3 is 15.4 Å². The largest absolute Gasteiger partial charge is 0.379 e. The van der Waals surface area contributed by atoms with Crippen LogP contribution >= 0.6 is 0 Å². The van der Waals surface area contributed by atoms with Gasteiger partial charge in [-0.1, -0.05) is 0 Å². The summed E-state index contributed by atoms with van der Waals surface area (Å²) in [7, 11) is 0. The third-order valence-electron chi connectivity index (χ3n) is 3.57. The van der Waals surface area contributed by atoms with Crippen LogP contribution in [0.5, 0.6) is 0 Å². The predicted octanol–water partition coefficient (Wildman–Crippen LogP) is 1.64. The van der Waals surface area contributed by atoms with Crippen molar-refractivity contribution in [1.82, 2.24) is 20.1 Å². The zero-order valence-corrected chi connectivity index (χ0v) is 13.0. The van der Waals surface area contributed by atoms with Gasteiger partial charge in [0.1, 0.15) is 0 Å². The molecular formula is C15H18F2N6O. The van der Waals surface area contributed by atoms with Crippen molar-refractivity contribution in [2.75, 3.05) is 50.0 Å². The van der Waals surface area contributed by atoms with E-state index < -0.39 is 11.6 Å². The molecule has 0 aliphatic carbocycles. The van der Waals surface area contributed by atoms with E-state index in [0.717, 1.165) is 45.0 Å². The van der Waals surface area contributed by atoms with Crippen LogP contribution < -0.4 is 10.6 Å². The minimum atomic E-state index is -0.925. The van der Waals surface area contributed by atoms with Crippen molar-refractivity contribution in [2.24, 2.45) is 0 Å². The lowest BCUT2D eigenvalue weighted by molar-refractivity contribution is 0.0398. The molecule has 1 aliphatic rings. The van der Waals surface area contributed by atoms with Gasteiger partial charge in [0.2, 0.25) is 5.95 Å². The normalized spacial score (nSPS) is 15.2. The summed E-state index contributed by atoms with van der Waals surface area (Å²) in [6, 6.07) is 3.53. The molecule has 0 bridgehead atoms. The fourth-order valence-corrected chi connectivity index (χ4v) is 2.31. The maximum atomic E-state index is 13.2. The van der Waals surface area contributed by atoms with Crippen molar-refractivity contribution < 1.29 is 13.5 Å². The molecule has 1 saturated heterocycles. The zero-order chi connectivity index (χ0) is 16.8. The molecule has 9 heteroatoms. The molecule has 1 fully saturated rings. The van der Waals surface area contributed by atoms with Crippen molar-refractivity contribution in [3.05, 3.63) is 36.0 Å². The summed E-state index contributed by atoms with van der Waals surface area (Å²) in [4.78, 5) is 6.53. The average Bonchev–Trinajstić information content (AvgIpc) is 2.60. The number of aromatic nitrogens is 3. The van der Waals surface area contributed by atoms with E-state index in [0.29, 0.717) is 24.0 Å². The standard InChI is InChI=1S/C15H18F2N6O/c16-12-2-1-11(9-13(12)17)20-14-10-19-22-15(21-14)18-3-4-23-5-7-24-8-6-23/h1-2,9-10H,3-8H2,(H2,18,20,21,22). The highest BCUT2D eigenvalue weighted by Gasteiger charge is 2.10. The summed E-state index contributed by atoms with van der Waals surface area (Å²) < 4.78 is 31.4. The monoisotopic (exact) mass is 336 g/mol. The summed E-state index contributed by atoms with van der Waals surface area (Å²) in [6.07, 6.45) is 1.41. The third kappa shape index (κ3) is 4.56. The Balaban J connectivity index is 1.54. The number of rotatable bonds is 6. The summed E-state index contributed by atoms with van der Waals surface area (Å²) in [5.74, 6) is -1.06. The minimum absolute atomic E-state index is 0.371. The molecule has 1 aliphatic heterocycles. The molecule has 7 nitrogen and oxygen atoms in total. The van der Waals surface area contributed by atoms with E-state index in [1.54, 1.807) is 0 Å². The van der Waals surface area contributed by atoms with Gasteiger partial charge in [-0.25, -0.2) is 8.78 Å². The van der Waals surface area contributed by atoms with Gasteiger partial charge in [-0.3, -0.25) is 4.90 Å². The van der Waals surface area contributed by atoms with Gasteiger partial charge in [0.25, 0.3) is 0 Å². The van der Waals surface area contributed by atoms with E-state index in [4.69, 9.17) is 4.74 Å². The minimum Gasteiger partial charge on any atom is -0.379 e. The fraction of sp³-hybridized carbons (Fsp3) is 0.400. The first-order valence-electron chi connectivity index (χ1n) is 7.66. The third-order valence-corrected chi connectivity index (χ3v) is 3.57. The van der Waals surface area contributed by atoms with Crippen LogP contribution in [-0.4, -0.2) is 59.5 Å². The number of ether oxygens (including phenoxy) is 1. The Labute approximate surface area is 138 Å². The zero-order valence-electron chi connectivity index (χ0n) is 13.0. The van der Waals surface area contributed by atoms with Crippen LogP contribution in [0.2, 0.25) is 0 Å².